The number of nitrogens with zero attached hydrogens (tertiary/aromatic N) is 2. The predicted molar refractivity (Wildman–Crippen MR) is 86.8 cm³/mol. The average Bonchev–Trinajstić information content (AvgIpc) is 2.86. The molecule has 3 aromatic rings. The van der Waals surface area contributed by atoms with Gasteiger partial charge in [0, 0.05) is 6.54 Å². The highest BCUT2D eigenvalue weighted by Gasteiger charge is 2.12. The Morgan fingerprint density at radius 1 is 1.27 bits per heavy atom. The molecule has 0 atom stereocenters. The van der Waals surface area contributed by atoms with Crippen molar-refractivity contribution in [2.75, 3.05) is 0 Å². The average molecular weight is 335 g/mol. The number of aromatic nitrogens is 1. The summed E-state index contributed by atoms with van der Waals surface area (Å²) in [6, 6.07) is 11.4. The van der Waals surface area contributed by atoms with Gasteiger partial charge in [-0.3, -0.25) is 4.79 Å². The summed E-state index contributed by atoms with van der Waals surface area (Å²) in [5.41, 5.74) is 0.811. The van der Waals surface area contributed by atoms with Crippen molar-refractivity contribution in [2.24, 2.45) is 4.99 Å². The largest absolute Gasteiger partial charge is 0.315 e. The van der Waals surface area contributed by atoms with E-state index in [1.807, 2.05) is 23.6 Å². The normalized spacial score (nSPS) is 12.0. The number of rotatable bonds is 2. The maximum atomic E-state index is 13.7. The van der Waals surface area contributed by atoms with Gasteiger partial charge in [0.05, 0.1) is 20.8 Å². The molecule has 6 heteroatoms. The molecular formula is C16H12ClFN2OS. The van der Waals surface area contributed by atoms with Crippen LogP contribution in [-0.4, -0.2) is 10.5 Å². The summed E-state index contributed by atoms with van der Waals surface area (Å²) in [7, 11) is 0. The molecule has 2 aromatic carbocycles. The van der Waals surface area contributed by atoms with Gasteiger partial charge >= 0.3 is 0 Å². The Balaban J connectivity index is 2.20. The maximum absolute atomic E-state index is 13.7. The van der Waals surface area contributed by atoms with Crippen molar-refractivity contribution in [1.82, 2.24) is 4.57 Å². The molecule has 1 heterocycles. The van der Waals surface area contributed by atoms with Crippen LogP contribution in [0, 0.1) is 5.82 Å². The Hall–Kier alpha value is -1.98. The second-order valence-electron chi connectivity index (χ2n) is 4.61. The fraction of sp³-hybridized carbons (Fsp3) is 0.125. The molecule has 0 fully saturated rings. The Bertz CT molecular complexity index is 929. The summed E-state index contributed by atoms with van der Waals surface area (Å²) >= 11 is 7.59. The molecular weight excluding hydrogens is 323 g/mol. The molecule has 3 nitrogen and oxygen atoms in total. The fourth-order valence-electron chi connectivity index (χ4n) is 2.25. The number of amides is 1. The first kappa shape index (κ1) is 14.9. The Labute approximate surface area is 135 Å². The molecule has 22 heavy (non-hydrogen) atoms. The van der Waals surface area contributed by atoms with Crippen LogP contribution in [0.5, 0.6) is 0 Å². The highest BCUT2D eigenvalue weighted by molar-refractivity contribution is 7.16. The van der Waals surface area contributed by atoms with E-state index in [4.69, 9.17) is 11.6 Å². The molecule has 0 saturated carbocycles. The Kier molecular flexibility index (Phi) is 4.09. The van der Waals surface area contributed by atoms with Crippen LogP contribution in [0.2, 0.25) is 5.02 Å². The van der Waals surface area contributed by atoms with Crippen LogP contribution in [0.3, 0.4) is 0 Å². The van der Waals surface area contributed by atoms with Crippen molar-refractivity contribution >= 4 is 39.1 Å². The van der Waals surface area contributed by atoms with Gasteiger partial charge in [-0.25, -0.2) is 4.39 Å². The molecule has 3 rings (SSSR count). The highest BCUT2D eigenvalue weighted by Crippen LogP contribution is 2.25. The third kappa shape index (κ3) is 2.58. The fourth-order valence-corrected chi connectivity index (χ4v) is 3.70. The zero-order chi connectivity index (χ0) is 15.7. The molecule has 0 bridgehead atoms. The molecule has 0 saturated heterocycles. The molecule has 0 unspecified atom stereocenters. The van der Waals surface area contributed by atoms with E-state index >= 15 is 0 Å². The first-order chi connectivity index (χ1) is 10.6. The highest BCUT2D eigenvalue weighted by atomic mass is 35.5. The molecule has 0 aliphatic carbocycles. The van der Waals surface area contributed by atoms with Gasteiger partial charge in [-0.05, 0) is 31.2 Å². The van der Waals surface area contributed by atoms with Crippen LogP contribution in [0.25, 0.3) is 10.2 Å². The lowest BCUT2D eigenvalue weighted by Crippen LogP contribution is -2.16. The van der Waals surface area contributed by atoms with E-state index in [-0.39, 0.29) is 5.56 Å². The van der Waals surface area contributed by atoms with Gasteiger partial charge in [0.1, 0.15) is 5.82 Å². The minimum absolute atomic E-state index is 0.0336. The van der Waals surface area contributed by atoms with Crippen molar-refractivity contribution in [1.29, 1.82) is 0 Å². The summed E-state index contributed by atoms with van der Waals surface area (Å²) in [6.07, 6.45) is 0. The molecule has 0 aliphatic rings. The zero-order valence-corrected chi connectivity index (χ0v) is 13.3. The van der Waals surface area contributed by atoms with E-state index in [9.17, 15) is 9.18 Å². The minimum atomic E-state index is -0.594. The summed E-state index contributed by atoms with van der Waals surface area (Å²) in [5, 5.41) is 0.607. The smallest absolute Gasteiger partial charge is 0.282 e. The van der Waals surface area contributed by atoms with E-state index in [1.165, 1.54) is 29.5 Å². The second kappa shape index (κ2) is 6.02. The van der Waals surface area contributed by atoms with Crippen LogP contribution in [0.4, 0.5) is 4.39 Å². The van der Waals surface area contributed by atoms with Crippen molar-refractivity contribution in [2.45, 2.75) is 13.5 Å². The van der Waals surface area contributed by atoms with Gasteiger partial charge in [-0.2, -0.15) is 4.99 Å². The van der Waals surface area contributed by atoms with Crippen molar-refractivity contribution < 1.29 is 9.18 Å². The van der Waals surface area contributed by atoms with Crippen LogP contribution in [-0.2, 0) is 6.54 Å². The van der Waals surface area contributed by atoms with E-state index in [0.29, 0.717) is 16.4 Å². The van der Waals surface area contributed by atoms with Gasteiger partial charge in [-0.15, -0.1) is 0 Å². The standard InChI is InChI=1S/C16H12ClFN2OS/c1-2-20-14-11(17)7-5-9-13(14)22-16(20)19-15(21)10-6-3-4-8-12(10)18/h3-9H,2H2,1H3. The SMILES string of the molecule is CCn1c(=NC(=O)c2ccccc2F)sc2cccc(Cl)c21. The molecule has 1 amide bonds. The number of thiazole rings is 1. The molecule has 0 spiro atoms. The zero-order valence-electron chi connectivity index (χ0n) is 11.7. The number of fused-ring (bicyclic) bond motifs is 1. The number of hydrogen-bond donors (Lipinski definition) is 0. The molecule has 1 aromatic heterocycles. The van der Waals surface area contributed by atoms with Gasteiger partial charge in [-0.1, -0.05) is 41.1 Å². The van der Waals surface area contributed by atoms with Gasteiger partial charge in [0.2, 0.25) is 0 Å². The summed E-state index contributed by atoms with van der Waals surface area (Å²) in [4.78, 5) is 16.8. The van der Waals surface area contributed by atoms with Gasteiger partial charge < -0.3 is 4.57 Å². The lowest BCUT2D eigenvalue weighted by Gasteiger charge is -2.02. The third-order valence-corrected chi connectivity index (χ3v) is 4.62. The Morgan fingerprint density at radius 2 is 2.05 bits per heavy atom. The van der Waals surface area contributed by atoms with E-state index in [2.05, 4.69) is 4.99 Å². The number of carbonyl (C=O) groups is 1. The number of para-hydroxylation sites is 1. The Morgan fingerprint density at radius 3 is 2.77 bits per heavy atom. The number of carbonyl (C=O) groups excluding carboxylic acids is 1. The van der Waals surface area contributed by atoms with Crippen LogP contribution < -0.4 is 4.80 Å². The van der Waals surface area contributed by atoms with Crippen LogP contribution >= 0.6 is 22.9 Å². The monoisotopic (exact) mass is 334 g/mol. The van der Waals surface area contributed by atoms with Crippen molar-refractivity contribution in [3.05, 3.63) is 63.7 Å². The van der Waals surface area contributed by atoms with E-state index in [1.54, 1.807) is 12.1 Å². The molecule has 112 valence electrons. The number of hydrogen-bond acceptors (Lipinski definition) is 2. The lowest BCUT2D eigenvalue weighted by molar-refractivity contribution is 0.0994. The van der Waals surface area contributed by atoms with Crippen molar-refractivity contribution in [3.63, 3.8) is 0 Å². The quantitative estimate of drug-likeness (QED) is 0.689. The van der Waals surface area contributed by atoms with E-state index in [0.717, 1.165) is 10.2 Å². The summed E-state index contributed by atoms with van der Waals surface area (Å²) in [6.45, 7) is 2.56. The summed E-state index contributed by atoms with van der Waals surface area (Å²) in [5.74, 6) is -1.17. The maximum Gasteiger partial charge on any atom is 0.282 e. The number of benzene rings is 2. The van der Waals surface area contributed by atoms with Crippen LogP contribution in [0.1, 0.15) is 17.3 Å². The van der Waals surface area contributed by atoms with E-state index < -0.39 is 11.7 Å². The topological polar surface area (TPSA) is 34.4 Å². The number of aryl methyl sites for hydroxylation is 1. The van der Waals surface area contributed by atoms with Gasteiger partial charge in [0.25, 0.3) is 5.91 Å². The first-order valence-corrected chi connectivity index (χ1v) is 7.92. The van der Waals surface area contributed by atoms with Gasteiger partial charge in [0.15, 0.2) is 4.80 Å². The minimum Gasteiger partial charge on any atom is -0.315 e. The lowest BCUT2D eigenvalue weighted by atomic mass is 10.2. The van der Waals surface area contributed by atoms with Crippen molar-refractivity contribution in [3.8, 4) is 0 Å². The number of halogens is 2. The molecule has 0 radical (unpaired) electrons. The third-order valence-electron chi connectivity index (χ3n) is 3.27. The second-order valence-corrected chi connectivity index (χ2v) is 6.03. The molecule has 0 N–H and O–H groups in total. The summed E-state index contributed by atoms with van der Waals surface area (Å²) < 4.78 is 16.5. The van der Waals surface area contributed by atoms with Crippen LogP contribution in [0.15, 0.2) is 47.5 Å². The predicted octanol–water partition coefficient (Wildman–Crippen LogP) is 4.26. The first-order valence-electron chi connectivity index (χ1n) is 6.73. The molecule has 0 aliphatic heterocycles.